The minimum absolute atomic E-state index is 0.0499. The fourth-order valence-corrected chi connectivity index (χ4v) is 2.58. The van der Waals surface area contributed by atoms with Crippen molar-refractivity contribution in [1.82, 2.24) is 30.3 Å². The molecule has 1 unspecified atom stereocenters. The molecule has 0 aliphatic rings. The minimum atomic E-state index is -5.06. The summed E-state index contributed by atoms with van der Waals surface area (Å²) in [5.74, 6) is -0.961. The number of amides is 1. The van der Waals surface area contributed by atoms with Crippen LogP contribution in [0.1, 0.15) is 40.1 Å². The van der Waals surface area contributed by atoms with Crippen LogP contribution in [0.2, 0.25) is 0 Å². The van der Waals surface area contributed by atoms with Crippen molar-refractivity contribution in [3.05, 3.63) is 65.4 Å². The van der Waals surface area contributed by atoms with Crippen molar-refractivity contribution in [2.45, 2.75) is 25.3 Å². The monoisotopic (exact) mass is 430 g/mol. The molecule has 3 aromatic rings. The predicted octanol–water partition coefficient (Wildman–Crippen LogP) is 3.59. The van der Waals surface area contributed by atoms with Gasteiger partial charge in [-0.25, -0.2) is 9.67 Å². The molecule has 13 heteroatoms. The third-order valence-corrected chi connectivity index (χ3v) is 3.95. The standard InChI is InChI=1S/C17H12F6N6O/c1-9(13-14(25-3-2-24-13)29-5-4-26-28-29)27-15(30)10-6-11(16(18,19)20)8-12(7-10)17(21,22)23/h2-9H,1H3,(H,27,30). The van der Waals surface area contributed by atoms with Crippen LogP contribution in [0.3, 0.4) is 0 Å². The Hall–Kier alpha value is -3.51. The number of carbonyl (C=O) groups excluding carboxylic acids is 1. The molecule has 1 atom stereocenters. The van der Waals surface area contributed by atoms with Crippen LogP contribution in [-0.2, 0) is 12.4 Å². The summed E-state index contributed by atoms with van der Waals surface area (Å²) >= 11 is 0. The van der Waals surface area contributed by atoms with E-state index in [1.165, 1.54) is 36.4 Å². The molecule has 1 N–H and O–H groups in total. The number of nitrogens with one attached hydrogen (secondary N) is 1. The summed E-state index contributed by atoms with van der Waals surface area (Å²) in [6.07, 6.45) is -4.66. The van der Waals surface area contributed by atoms with E-state index in [9.17, 15) is 31.1 Å². The van der Waals surface area contributed by atoms with Gasteiger partial charge in [-0.15, -0.1) is 5.10 Å². The highest BCUT2D eigenvalue weighted by Crippen LogP contribution is 2.36. The highest BCUT2D eigenvalue weighted by Gasteiger charge is 2.37. The number of hydrogen-bond acceptors (Lipinski definition) is 5. The van der Waals surface area contributed by atoms with E-state index in [0.29, 0.717) is 12.1 Å². The summed E-state index contributed by atoms with van der Waals surface area (Å²) in [5.41, 5.74) is -3.79. The van der Waals surface area contributed by atoms with Gasteiger partial charge in [-0.05, 0) is 25.1 Å². The number of alkyl halides is 6. The molecule has 158 valence electrons. The molecule has 0 aliphatic heterocycles. The van der Waals surface area contributed by atoms with E-state index in [2.05, 4.69) is 25.6 Å². The first-order chi connectivity index (χ1) is 14.0. The number of aromatic nitrogens is 5. The Morgan fingerprint density at radius 2 is 1.57 bits per heavy atom. The predicted molar refractivity (Wildman–Crippen MR) is 89.3 cm³/mol. The number of halogens is 6. The van der Waals surface area contributed by atoms with Crippen LogP contribution in [0.5, 0.6) is 0 Å². The number of benzene rings is 1. The molecular formula is C17H12F6N6O. The van der Waals surface area contributed by atoms with Gasteiger partial charge in [-0.2, -0.15) is 26.3 Å². The first-order valence-electron chi connectivity index (χ1n) is 8.25. The van der Waals surface area contributed by atoms with Crippen molar-refractivity contribution < 1.29 is 31.1 Å². The Balaban J connectivity index is 1.93. The maximum atomic E-state index is 13.0. The van der Waals surface area contributed by atoms with Crippen molar-refractivity contribution in [2.24, 2.45) is 0 Å². The van der Waals surface area contributed by atoms with Gasteiger partial charge in [-0.1, -0.05) is 5.21 Å². The number of carbonyl (C=O) groups is 1. The van der Waals surface area contributed by atoms with Crippen LogP contribution in [0.4, 0.5) is 26.3 Å². The van der Waals surface area contributed by atoms with Gasteiger partial charge in [0.1, 0.15) is 5.69 Å². The second-order valence-corrected chi connectivity index (χ2v) is 6.10. The fraction of sp³-hybridized carbons (Fsp3) is 0.235. The summed E-state index contributed by atoms with van der Waals surface area (Å²) in [7, 11) is 0. The van der Waals surface area contributed by atoms with Crippen molar-refractivity contribution in [2.75, 3.05) is 0 Å². The van der Waals surface area contributed by atoms with Gasteiger partial charge in [0.25, 0.3) is 5.91 Å². The summed E-state index contributed by atoms with van der Waals surface area (Å²) < 4.78 is 79.3. The second kappa shape index (κ2) is 7.72. The molecule has 0 fully saturated rings. The summed E-state index contributed by atoms with van der Waals surface area (Å²) in [6, 6.07) is -0.265. The molecule has 7 nitrogen and oxygen atoms in total. The molecule has 2 heterocycles. The lowest BCUT2D eigenvalue weighted by Crippen LogP contribution is -2.29. The molecule has 2 aromatic heterocycles. The lowest BCUT2D eigenvalue weighted by atomic mass is 10.0. The van der Waals surface area contributed by atoms with E-state index in [4.69, 9.17) is 0 Å². The Labute approximate surface area is 164 Å². The molecule has 1 amide bonds. The molecule has 0 saturated carbocycles. The van der Waals surface area contributed by atoms with Crippen molar-refractivity contribution in [1.29, 1.82) is 0 Å². The number of rotatable bonds is 4. The summed E-state index contributed by atoms with van der Waals surface area (Å²) in [5, 5.41) is 9.70. The summed E-state index contributed by atoms with van der Waals surface area (Å²) in [6.45, 7) is 1.45. The lowest BCUT2D eigenvalue weighted by molar-refractivity contribution is -0.143. The first-order valence-corrected chi connectivity index (χ1v) is 8.25. The maximum Gasteiger partial charge on any atom is 0.416 e. The maximum absolute atomic E-state index is 13.0. The molecule has 0 radical (unpaired) electrons. The largest absolute Gasteiger partial charge is 0.416 e. The van der Waals surface area contributed by atoms with Crippen molar-refractivity contribution in [3.63, 3.8) is 0 Å². The second-order valence-electron chi connectivity index (χ2n) is 6.10. The highest BCUT2D eigenvalue weighted by molar-refractivity contribution is 5.95. The molecule has 0 saturated heterocycles. The van der Waals surface area contributed by atoms with Crippen LogP contribution in [0.15, 0.2) is 43.0 Å². The van der Waals surface area contributed by atoms with Gasteiger partial charge in [0.05, 0.1) is 29.6 Å². The van der Waals surface area contributed by atoms with E-state index in [-0.39, 0.29) is 17.6 Å². The zero-order valence-corrected chi connectivity index (χ0v) is 15.0. The third-order valence-electron chi connectivity index (χ3n) is 3.95. The van der Waals surface area contributed by atoms with Gasteiger partial charge in [0, 0.05) is 18.0 Å². The first kappa shape index (κ1) is 21.2. The van der Waals surface area contributed by atoms with Gasteiger partial charge in [-0.3, -0.25) is 9.78 Å². The van der Waals surface area contributed by atoms with E-state index < -0.39 is 41.0 Å². The Kier molecular flexibility index (Phi) is 5.46. The molecule has 0 bridgehead atoms. The SMILES string of the molecule is CC(NC(=O)c1cc(C(F)(F)F)cc(C(F)(F)F)c1)c1nccnc1-n1ccnn1. The molecule has 0 spiro atoms. The van der Waals surface area contributed by atoms with E-state index in [1.807, 2.05) is 0 Å². The van der Waals surface area contributed by atoms with Gasteiger partial charge < -0.3 is 5.32 Å². The van der Waals surface area contributed by atoms with Crippen LogP contribution < -0.4 is 5.32 Å². The Morgan fingerprint density at radius 1 is 0.967 bits per heavy atom. The minimum Gasteiger partial charge on any atom is -0.344 e. The fourth-order valence-electron chi connectivity index (χ4n) is 2.58. The zero-order chi connectivity index (χ0) is 22.1. The lowest BCUT2D eigenvalue weighted by Gasteiger charge is -2.17. The molecular weight excluding hydrogens is 418 g/mol. The van der Waals surface area contributed by atoms with Gasteiger partial charge in [0.15, 0.2) is 5.82 Å². The molecule has 1 aromatic carbocycles. The summed E-state index contributed by atoms with van der Waals surface area (Å²) in [4.78, 5) is 20.6. The van der Waals surface area contributed by atoms with Gasteiger partial charge in [0.2, 0.25) is 0 Å². The smallest absolute Gasteiger partial charge is 0.344 e. The van der Waals surface area contributed by atoms with E-state index in [0.717, 1.165) is 0 Å². The van der Waals surface area contributed by atoms with Crippen molar-refractivity contribution >= 4 is 5.91 Å². The average Bonchev–Trinajstić information content (AvgIpc) is 3.21. The number of nitrogens with zero attached hydrogens (tertiary/aromatic N) is 5. The Bertz CT molecular complexity index is 1020. The van der Waals surface area contributed by atoms with Crippen LogP contribution >= 0.6 is 0 Å². The van der Waals surface area contributed by atoms with Crippen LogP contribution in [0, 0.1) is 0 Å². The molecule has 30 heavy (non-hydrogen) atoms. The van der Waals surface area contributed by atoms with Crippen LogP contribution in [0.25, 0.3) is 5.82 Å². The molecule has 3 rings (SSSR count). The van der Waals surface area contributed by atoms with Crippen LogP contribution in [-0.4, -0.2) is 30.9 Å². The van der Waals surface area contributed by atoms with E-state index in [1.54, 1.807) is 0 Å². The van der Waals surface area contributed by atoms with E-state index >= 15 is 0 Å². The molecule has 0 aliphatic carbocycles. The van der Waals surface area contributed by atoms with Gasteiger partial charge >= 0.3 is 12.4 Å². The quantitative estimate of drug-likeness (QED) is 0.640. The normalized spacial score (nSPS) is 13.2. The topological polar surface area (TPSA) is 85.6 Å². The third kappa shape index (κ3) is 4.55. The zero-order valence-electron chi connectivity index (χ0n) is 15.0. The van der Waals surface area contributed by atoms with Crippen molar-refractivity contribution in [3.8, 4) is 5.82 Å². The highest BCUT2D eigenvalue weighted by atomic mass is 19.4. The Morgan fingerprint density at radius 3 is 2.10 bits per heavy atom. The number of hydrogen-bond donors (Lipinski definition) is 1. The average molecular weight is 430 g/mol.